The average molecular weight is 501 g/mol. The van der Waals surface area contributed by atoms with Crippen LogP contribution in [0.15, 0.2) is 40.1 Å². The minimum absolute atomic E-state index is 0.0285. The number of nitrogens with one attached hydrogen (secondary N) is 2. The number of aromatic nitrogens is 3. The minimum atomic E-state index is -4.78. The number of hydrogen-bond donors (Lipinski definition) is 2. The summed E-state index contributed by atoms with van der Waals surface area (Å²) in [5.41, 5.74) is -5.20. The molecule has 7 nitrogen and oxygen atoms in total. The lowest BCUT2D eigenvalue weighted by Gasteiger charge is -2.33. The van der Waals surface area contributed by atoms with Crippen molar-refractivity contribution < 1.29 is 26.3 Å². The number of benzene rings is 1. The highest BCUT2D eigenvalue weighted by atomic mass is 19.4. The van der Waals surface area contributed by atoms with Gasteiger partial charge in [0.1, 0.15) is 5.82 Å². The van der Waals surface area contributed by atoms with Crippen molar-refractivity contribution in [2.24, 2.45) is 7.05 Å². The largest absolute Gasteiger partial charge is 0.413 e. The van der Waals surface area contributed by atoms with E-state index in [2.05, 4.69) is 15.7 Å². The van der Waals surface area contributed by atoms with E-state index in [-0.39, 0.29) is 28.7 Å². The number of alkyl halides is 5. The van der Waals surface area contributed by atoms with Gasteiger partial charge in [0.2, 0.25) is 0 Å². The van der Waals surface area contributed by atoms with Crippen LogP contribution in [0, 0.1) is 5.82 Å². The minimum Gasteiger partial charge on any atom is -0.361 e. The fourth-order valence-corrected chi connectivity index (χ4v) is 4.38. The van der Waals surface area contributed by atoms with Crippen molar-refractivity contribution in [1.82, 2.24) is 19.7 Å². The highest BCUT2D eigenvalue weighted by Crippen LogP contribution is 2.41. The standard InChI is InChI=1S/C22H21F6N5O2/c1-11(12-4-3-5-13(17(12)23)18(24)25)30-19-15-9-33(21(22(26,27)28)6-7-29-10-21)16(34)8-14(15)20(35)32(2)31-19/h3-5,8-9,11,18,29H,6-7,10H2,1-2H3,(H,30,31)/t11-,21-/m1/s1. The summed E-state index contributed by atoms with van der Waals surface area (Å²) < 4.78 is 84.7. The van der Waals surface area contributed by atoms with Crippen molar-refractivity contribution in [3.05, 3.63) is 68.1 Å². The normalized spacial score (nSPS) is 19.5. The molecular formula is C22H21F6N5O2. The van der Waals surface area contributed by atoms with Crippen LogP contribution in [-0.4, -0.2) is 33.6 Å². The van der Waals surface area contributed by atoms with E-state index < -0.39 is 59.6 Å². The molecule has 1 aromatic carbocycles. The van der Waals surface area contributed by atoms with E-state index >= 15 is 0 Å². The molecule has 1 aliphatic rings. The van der Waals surface area contributed by atoms with E-state index in [4.69, 9.17) is 0 Å². The Morgan fingerprint density at radius 3 is 2.46 bits per heavy atom. The van der Waals surface area contributed by atoms with Gasteiger partial charge < -0.3 is 10.6 Å². The number of hydrogen-bond acceptors (Lipinski definition) is 5. The third kappa shape index (κ3) is 4.07. The second kappa shape index (κ2) is 8.70. The first-order valence-corrected chi connectivity index (χ1v) is 10.6. The Morgan fingerprint density at radius 1 is 1.17 bits per heavy atom. The summed E-state index contributed by atoms with van der Waals surface area (Å²) in [6.45, 7) is 0.937. The van der Waals surface area contributed by atoms with Crippen molar-refractivity contribution in [3.63, 3.8) is 0 Å². The Labute approximate surface area is 194 Å². The van der Waals surface area contributed by atoms with Crippen molar-refractivity contribution >= 4 is 16.6 Å². The van der Waals surface area contributed by atoms with Gasteiger partial charge in [0.15, 0.2) is 11.4 Å². The van der Waals surface area contributed by atoms with Gasteiger partial charge in [0, 0.05) is 36.8 Å². The monoisotopic (exact) mass is 501 g/mol. The Bertz CT molecular complexity index is 1390. The first kappa shape index (κ1) is 24.8. The quantitative estimate of drug-likeness (QED) is 0.523. The Kier molecular flexibility index (Phi) is 6.16. The maximum Gasteiger partial charge on any atom is 0.413 e. The highest BCUT2D eigenvalue weighted by Gasteiger charge is 2.58. The molecule has 1 aliphatic heterocycles. The number of rotatable bonds is 5. The summed E-state index contributed by atoms with van der Waals surface area (Å²) in [5, 5.41) is 9.18. The van der Waals surface area contributed by atoms with Crippen LogP contribution in [0.3, 0.4) is 0 Å². The van der Waals surface area contributed by atoms with Gasteiger partial charge >= 0.3 is 6.18 Å². The fraction of sp³-hybridized carbons (Fsp3) is 0.409. The lowest BCUT2D eigenvalue weighted by Crippen LogP contribution is -2.53. The number of anilines is 1. The molecule has 1 saturated heterocycles. The van der Waals surface area contributed by atoms with E-state index in [1.54, 1.807) is 0 Å². The zero-order valence-corrected chi connectivity index (χ0v) is 18.6. The Morgan fingerprint density at radius 2 is 1.86 bits per heavy atom. The molecule has 4 rings (SSSR count). The predicted octanol–water partition coefficient (Wildman–Crippen LogP) is 3.60. The number of aryl methyl sites for hydroxylation is 1. The molecular weight excluding hydrogens is 480 g/mol. The molecule has 188 valence electrons. The fourth-order valence-electron chi connectivity index (χ4n) is 4.38. The third-order valence-corrected chi connectivity index (χ3v) is 6.32. The average Bonchev–Trinajstić information content (AvgIpc) is 3.28. The predicted molar refractivity (Wildman–Crippen MR) is 116 cm³/mol. The van der Waals surface area contributed by atoms with Crippen molar-refractivity contribution in [2.75, 3.05) is 18.4 Å². The van der Waals surface area contributed by atoms with Crippen LogP contribution in [0.1, 0.15) is 36.9 Å². The maximum absolute atomic E-state index is 14.7. The van der Waals surface area contributed by atoms with Gasteiger partial charge in [-0.1, -0.05) is 18.2 Å². The molecule has 13 heteroatoms. The van der Waals surface area contributed by atoms with Crippen LogP contribution in [-0.2, 0) is 12.6 Å². The number of nitrogens with zero attached hydrogens (tertiary/aromatic N) is 3. The maximum atomic E-state index is 14.7. The molecule has 0 bridgehead atoms. The zero-order valence-electron chi connectivity index (χ0n) is 18.6. The summed E-state index contributed by atoms with van der Waals surface area (Å²) in [7, 11) is 1.28. The van der Waals surface area contributed by atoms with Gasteiger partial charge in [-0.25, -0.2) is 17.9 Å². The van der Waals surface area contributed by atoms with Gasteiger partial charge in [-0.15, -0.1) is 0 Å². The molecule has 0 radical (unpaired) electrons. The highest BCUT2D eigenvalue weighted by molar-refractivity contribution is 5.90. The van der Waals surface area contributed by atoms with Gasteiger partial charge in [-0.05, 0) is 19.9 Å². The SMILES string of the molecule is C[C@@H](Nc1nn(C)c(=O)c2cc(=O)n([C@]3(C(F)(F)F)CCNC3)cc12)c1cccc(C(F)F)c1F. The second-order valence-corrected chi connectivity index (χ2v) is 8.46. The van der Waals surface area contributed by atoms with Gasteiger partial charge in [-0.3, -0.25) is 14.2 Å². The molecule has 1 fully saturated rings. The van der Waals surface area contributed by atoms with Crippen LogP contribution in [0.5, 0.6) is 0 Å². The molecule has 0 amide bonds. The van der Waals surface area contributed by atoms with Crippen LogP contribution in [0.25, 0.3) is 10.8 Å². The lowest BCUT2D eigenvalue weighted by atomic mass is 9.96. The van der Waals surface area contributed by atoms with Crippen LogP contribution in [0.2, 0.25) is 0 Å². The van der Waals surface area contributed by atoms with Crippen molar-refractivity contribution in [3.8, 4) is 0 Å². The number of halogens is 6. The van der Waals surface area contributed by atoms with Crippen molar-refractivity contribution in [1.29, 1.82) is 0 Å². The topological polar surface area (TPSA) is 81.0 Å². The van der Waals surface area contributed by atoms with E-state index in [1.807, 2.05) is 0 Å². The van der Waals surface area contributed by atoms with Gasteiger partial charge in [-0.2, -0.15) is 18.3 Å². The van der Waals surface area contributed by atoms with Crippen LogP contribution in [0.4, 0.5) is 32.2 Å². The smallest absolute Gasteiger partial charge is 0.361 e. The Balaban J connectivity index is 1.89. The number of pyridine rings is 1. The summed E-state index contributed by atoms with van der Waals surface area (Å²) in [6.07, 6.45) is -7.30. The first-order chi connectivity index (χ1) is 16.4. The lowest BCUT2D eigenvalue weighted by molar-refractivity contribution is -0.209. The molecule has 2 atom stereocenters. The molecule has 2 N–H and O–H groups in total. The molecule has 0 unspecified atom stereocenters. The summed E-state index contributed by atoms with van der Waals surface area (Å²) in [6, 6.07) is 3.33. The third-order valence-electron chi connectivity index (χ3n) is 6.32. The van der Waals surface area contributed by atoms with Gasteiger partial charge in [0.05, 0.1) is 17.0 Å². The van der Waals surface area contributed by atoms with Crippen molar-refractivity contribution in [2.45, 2.75) is 37.5 Å². The van der Waals surface area contributed by atoms with Crippen LogP contribution < -0.4 is 21.8 Å². The summed E-state index contributed by atoms with van der Waals surface area (Å²) in [4.78, 5) is 25.4. The van der Waals surface area contributed by atoms with E-state index in [0.717, 1.165) is 23.0 Å². The molecule has 3 aromatic rings. The first-order valence-electron chi connectivity index (χ1n) is 10.6. The van der Waals surface area contributed by atoms with E-state index in [0.29, 0.717) is 4.57 Å². The summed E-state index contributed by atoms with van der Waals surface area (Å²) in [5.74, 6) is -1.25. The second-order valence-electron chi connectivity index (χ2n) is 8.46. The molecule has 2 aromatic heterocycles. The van der Waals surface area contributed by atoms with E-state index in [9.17, 15) is 35.9 Å². The van der Waals surface area contributed by atoms with Gasteiger partial charge in [0.25, 0.3) is 17.5 Å². The molecule has 0 saturated carbocycles. The summed E-state index contributed by atoms with van der Waals surface area (Å²) >= 11 is 0. The molecule has 3 heterocycles. The zero-order chi connectivity index (χ0) is 25.7. The molecule has 0 spiro atoms. The Hall–Kier alpha value is -3.35. The van der Waals surface area contributed by atoms with Crippen LogP contribution >= 0.6 is 0 Å². The van der Waals surface area contributed by atoms with E-state index in [1.165, 1.54) is 26.1 Å². The molecule has 35 heavy (non-hydrogen) atoms. The number of fused-ring (bicyclic) bond motifs is 1. The molecule has 0 aliphatic carbocycles.